The SMILES string of the molecule is CCCNC(=O)N1CCCC(C)(C(=O)NCc2ccc(C)cc2)C1. The third kappa shape index (κ3) is 4.73. The summed E-state index contributed by atoms with van der Waals surface area (Å²) in [5.74, 6) is 0.0241. The number of nitrogens with one attached hydrogen (secondary N) is 2. The van der Waals surface area contributed by atoms with Gasteiger partial charge in [-0.05, 0) is 38.7 Å². The van der Waals surface area contributed by atoms with Gasteiger partial charge in [-0.3, -0.25) is 4.79 Å². The Hall–Kier alpha value is -2.04. The summed E-state index contributed by atoms with van der Waals surface area (Å²) in [4.78, 5) is 26.6. The maximum Gasteiger partial charge on any atom is 0.317 e. The van der Waals surface area contributed by atoms with Gasteiger partial charge in [-0.1, -0.05) is 36.8 Å². The normalized spacial score (nSPS) is 20.5. The summed E-state index contributed by atoms with van der Waals surface area (Å²) < 4.78 is 0. The highest BCUT2D eigenvalue weighted by atomic mass is 16.2. The van der Waals surface area contributed by atoms with E-state index in [1.54, 1.807) is 4.90 Å². The van der Waals surface area contributed by atoms with Crippen molar-refractivity contribution in [3.8, 4) is 0 Å². The molecule has 132 valence electrons. The summed E-state index contributed by atoms with van der Waals surface area (Å²) >= 11 is 0. The lowest BCUT2D eigenvalue weighted by molar-refractivity contribution is -0.132. The van der Waals surface area contributed by atoms with Gasteiger partial charge in [0, 0.05) is 26.2 Å². The van der Waals surface area contributed by atoms with Crippen LogP contribution in [0.2, 0.25) is 0 Å². The number of hydrogen-bond acceptors (Lipinski definition) is 2. The standard InChI is InChI=1S/C19H29N3O2/c1-4-11-20-18(24)22-12-5-10-19(3,14-22)17(23)21-13-16-8-6-15(2)7-9-16/h6-9H,4-5,10-14H2,1-3H3,(H,20,24)(H,21,23). The van der Waals surface area contributed by atoms with Gasteiger partial charge >= 0.3 is 6.03 Å². The molecule has 3 amide bonds. The lowest BCUT2D eigenvalue weighted by atomic mass is 9.81. The lowest BCUT2D eigenvalue weighted by Crippen LogP contribution is -2.54. The molecule has 2 rings (SSSR count). The molecule has 2 N–H and O–H groups in total. The van der Waals surface area contributed by atoms with E-state index in [0.717, 1.165) is 31.4 Å². The zero-order chi connectivity index (χ0) is 17.6. The fourth-order valence-corrected chi connectivity index (χ4v) is 3.04. The highest BCUT2D eigenvalue weighted by Gasteiger charge is 2.39. The van der Waals surface area contributed by atoms with Crippen molar-refractivity contribution >= 4 is 11.9 Å². The monoisotopic (exact) mass is 331 g/mol. The van der Waals surface area contributed by atoms with Gasteiger partial charge in [-0.15, -0.1) is 0 Å². The van der Waals surface area contributed by atoms with Gasteiger partial charge in [0.25, 0.3) is 0 Å². The molecule has 0 aliphatic carbocycles. The van der Waals surface area contributed by atoms with Crippen LogP contribution < -0.4 is 10.6 Å². The average molecular weight is 331 g/mol. The quantitative estimate of drug-likeness (QED) is 0.871. The largest absolute Gasteiger partial charge is 0.351 e. The Bertz CT molecular complexity index is 570. The summed E-state index contributed by atoms with van der Waals surface area (Å²) in [6.45, 7) is 8.42. The molecule has 1 aliphatic heterocycles. The van der Waals surface area contributed by atoms with E-state index in [9.17, 15) is 9.59 Å². The summed E-state index contributed by atoms with van der Waals surface area (Å²) in [6.07, 6.45) is 2.58. The predicted octanol–water partition coefficient (Wildman–Crippen LogP) is 2.83. The fourth-order valence-electron chi connectivity index (χ4n) is 3.04. The van der Waals surface area contributed by atoms with E-state index in [-0.39, 0.29) is 11.9 Å². The number of amides is 3. The average Bonchev–Trinajstić information content (AvgIpc) is 2.58. The highest BCUT2D eigenvalue weighted by Crippen LogP contribution is 2.29. The maximum absolute atomic E-state index is 12.7. The Morgan fingerprint density at radius 1 is 1.21 bits per heavy atom. The van der Waals surface area contributed by atoms with Crippen LogP contribution >= 0.6 is 0 Å². The number of carbonyl (C=O) groups excluding carboxylic acids is 2. The molecule has 1 aromatic carbocycles. The van der Waals surface area contributed by atoms with Gasteiger partial charge in [-0.25, -0.2) is 4.79 Å². The van der Waals surface area contributed by atoms with Gasteiger partial charge in [-0.2, -0.15) is 0 Å². The maximum atomic E-state index is 12.7. The second-order valence-electron chi connectivity index (χ2n) is 6.99. The zero-order valence-corrected chi connectivity index (χ0v) is 15.0. The molecule has 0 bridgehead atoms. The van der Waals surface area contributed by atoms with E-state index in [4.69, 9.17) is 0 Å². The third-order valence-corrected chi connectivity index (χ3v) is 4.63. The van der Waals surface area contributed by atoms with Crippen LogP contribution in [0.5, 0.6) is 0 Å². The molecule has 0 radical (unpaired) electrons. The van der Waals surface area contributed by atoms with Crippen molar-refractivity contribution < 1.29 is 9.59 Å². The molecular formula is C19H29N3O2. The number of urea groups is 1. The number of benzene rings is 1. The van der Waals surface area contributed by atoms with E-state index in [1.807, 2.05) is 45.0 Å². The van der Waals surface area contributed by atoms with E-state index in [0.29, 0.717) is 19.6 Å². The molecule has 0 saturated carbocycles. The molecule has 1 unspecified atom stereocenters. The van der Waals surface area contributed by atoms with Crippen LogP contribution in [-0.2, 0) is 11.3 Å². The molecule has 1 fully saturated rings. The summed E-state index contributed by atoms with van der Waals surface area (Å²) in [6, 6.07) is 8.09. The summed E-state index contributed by atoms with van der Waals surface area (Å²) in [5.41, 5.74) is 1.77. The molecule has 1 atom stereocenters. The first-order valence-electron chi connectivity index (χ1n) is 8.81. The highest BCUT2D eigenvalue weighted by molar-refractivity contribution is 5.84. The Morgan fingerprint density at radius 3 is 2.58 bits per heavy atom. The van der Waals surface area contributed by atoms with Gasteiger partial charge < -0.3 is 15.5 Å². The van der Waals surface area contributed by atoms with Crippen LogP contribution in [-0.4, -0.2) is 36.5 Å². The van der Waals surface area contributed by atoms with E-state index < -0.39 is 5.41 Å². The minimum absolute atomic E-state index is 0.0241. The molecule has 1 saturated heterocycles. The minimum atomic E-state index is -0.521. The fraction of sp³-hybridized carbons (Fsp3) is 0.579. The molecule has 0 aromatic heterocycles. The number of rotatable bonds is 5. The lowest BCUT2D eigenvalue weighted by Gasteiger charge is -2.39. The van der Waals surface area contributed by atoms with Crippen molar-refractivity contribution in [2.45, 2.75) is 46.6 Å². The zero-order valence-electron chi connectivity index (χ0n) is 15.0. The van der Waals surface area contributed by atoms with Gasteiger partial charge in [0.15, 0.2) is 0 Å². The van der Waals surface area contributed by atoms with Crippen LogP contribution in [0.15, 0.2) is 24.3 Å². The molecule has 0 spiro atoms. The Labute approximate surface area is 144 Å². The van der Waals surface area contributed by atoms with Crippen LogP contribution in [0.25, 0.3) is 0 Å². The van der Waals surface area contributed by atoms with Gasteiger partial charge in [0.05, 0.1) is 5.41 Å². The predicted molar refractivity (Wildman–Crippen MR) is 95.6 cm³/mol. The van der Waals surface area contributed by atoms with E-state index in [2.05, 4.69) is 10.6 Å². The first-order valence-corrected chi connectivity index (χ1v) is 8.81. The second kappa shape index (κ2) is 8.18. The number of likely N-dealkylation sites (tertiary alicyclic amines) is 1. The Kier molecular flexibility index (Phi) is 6.23. The second-order valence-corrected chi connectivity index (χ2v) is 6.99. The van der Waals surface area contributed by atoms with Crippen molar-refractivity contribution in [1.29, 1.82) is 0 Å². The van der Waals surface area contributed by atoms with Crippen LogP contribution in [0.4, 0.5) is 4.79 Å². The van der Waals surface area contributed by atoms with Crippen molar-refractivity contribution in [1.82, 2.24) is 15.5 Å². The summed E-state index contributed by atoms with van der Waals surface area (Å²) in [7, 11) is 0. The van der Waals surface area contributed by atoms with Crippen LogP contribution in [0.3, 0.4) is 0 Å². The van der Waals surface area contributed by atoms with Crippen molar-refractivity contribution in [2.24, 2.45) is 5.41 Å². The number of piperidine rings is 1. The smallest absolute Gasteiger partial charge is 0.317 e. The summed E-state index contributed by atoms with van der Waals surface area (Å²) in [5, 5.41) is 5.93. The number of aryl methyl sites for hydroxylation is 1. The van der Waals surface area contributed by atoms with E-state index >= 15 is 0 Å². The van der Waals surface area contributed by atoms with Crippen molar-refractivity contribution in [3.63, 3.8) is 0 Å². The first-order chi connectivity index (χ1) is 11.4. The molecule has 1 aromatic rings. The molecule has 5 nitrogen and oxygen atoms in total. The molecule has 24 heavy (non-hydrogen) atoms. The Balaban J connectivity index is 1.91. The van der Waals surface area contributed by atoms with Crippen molar-refractivity contribution in [2.75, 3.05) is 19.6 Å². The van der Waals surface area contributed by atoms with Gasteiger partial charge in [0.2, 0.25) is 5.91 Å². The van der Waals surface area contributed by atoms with Crippen LogP contribution in [0.1, 0.15) is 44.2 Å². The number of nitrogens with zero attached hydrogens (tertiary/aromatic N) is 1. The molecular weight excluding hydrogens is 302 g/mol. The van der Waals surface area contributed by atoms with Gasteiger partial charge in [0.1, 0.15) is 0 Å². The minimum Gasteiger partial charge on any atom is -0.351 e. The van der Waals surface area contributed by atoms with E-state index in [1.165, 1.54) is 5.56 Å². The first kappa shape index (κ1) is 18.3. The molecule has 1 heterocycles. The Morgan fingerprint density at radius 2 is 1.92 bits per heavy atom. The molecule has 1 aliphatic rings. The topological polar surface area (TPSA) is 61.4 Å². The molecule has 5 heteroatoms. The number of hydrogen-bond donors (Lipinski definition) is 2. The van der Waals surface area contributed by atoms with Crippen molar-refractivity contribution in [3.05, 3.63) is 35.4 Å². The van der Waals surface area contributed by atoms with Crippen LogP contribution in [0, 0.1) is 12.3 Å². The number of carbonyl (C=O) groups is 2. The third-order valence-electron chi connectivity index (χ3n) is 4.63.